The normalized spacial score (nSPS) is 12.2. The fourth-order valence-corrected chi connectivity index (χ4v) is 2.65. The number of alkyl halides is 1. The van der Waals surface area contributed by atoms with Crippen molar-refractivity contribution in [3.63, 3.8) is 0 Å². The highest BCUT2D eigenvalue weighted by molar-refractivity contribution is 9.09. The maximum Gasteiger partial charge on any atom is 0.251 e. The molecule has 0 fully saturated rings. The summed E-state index contributed by atoms with van der Waals surface area (Å²) < 4.78 is 13.3. The zero-order chi connectivity index (χ0) is 14.3. The molecular formula is C14H18BrClFNO. The maximum absolute atomic E-state index is 13.3. The van der Waals surface area contributed by atoms with Crippen molar-refractivity contribution < 1.29 is 9.18 Å². The van der Waals surface area contributed by atoms with Gasteiger partial charge in [-0.1, -0.05) is 40.9 Å². The minimum absolute atomic E-state index is 0.0275. The molecule has 0 aromatic heterocycles. The molecular weight excluding hydrogens is 333 g/mol. The minimum Gasteiger partial charge on any atom is -0.352 e. The number of rotatable bonds is 7. The highest BCUT2D eigenvalue weighted by atomic mass is 79.9. The van der Waals surface area contributed by atoms with Crippen molar-refractivity contribution in [2.24, 2.45) is 5.92 Å². The number of hydrogen-bond donors (Lipinski definition) is 1. The summed E-state index contributed by atoms with van der Waals surface area (Å²) in [5.41, 5.74) is 0.302. The topological polar surface area (TPSA) is 29.1 Å². The molecule has 106 valence electrons. The first-order valence-corrected chi connectivity index (χ1v) is 7.87. The van der Waals surface area contributed by atoms with Crippen LogP contribution in [0.3, 0.4) is 0 Å². The molecule has 0 aliphatic heterocycles. The maximum atomic E-state index is 13.3. The third-order valence-corrected chi connectivity index (χ3v) is 3.71. The van der Waals surface area contributed by atoms with E-state index in [0.29, 0.717) is 18.0 Å². The zero-order valence-corrected chi connectivity index (χ0v) is 13.2. The molecule has 5 heteroatoms. The summed E-state index contributed by atoms with van der Waals surface area (Å²) in [5.74, 6) is -0.378. The van der Waals surface area contributed by atoms with Gasteiger partial charge in [0.05, 0.1) is 5.02 Å². The molecule has 1 aromatic rings. The van der Waals surface area contributed by atoms with Crippen molar-refractivity contribution in [2.45, 2.75) is 26.2 Å². The number of amides is 1. The van der Waals surface area contributed by atoms with Crippen LogP contribution in [0.5, 0.6) is 0 Å². The summed E-state index contributed by atoms with van der Waals surface area (Å²) >= 11 is 9.00. The van der Waals surface area contributed by atoms with Gasteiger partial charge in [-0.3, -0.25) is 4.79 Å². The average Bonchev–Trinajstić information content (AvgIpc) is 2.39. The van der Waals surface area contributed by atoms with Crippen molar-refractivity contribution in [1.82, 2.24) is 5.32 Å². The first kappa shape index (κ1) is 16.4. The van der Waals surface area contributed by atoms with Gasteiger partial charge in [-0.15, -0.1) is 0 Å². The molecule has 0 spiro atoms. The van der Waals surface area contributed by atoms with Crippen molar-refractivity contribution >= 4 is 33.4 Å². The molecule has 0 aliphatic rings. The van der Waals surface area contributed by atoms with E-state index >= 15 is 0 Å². The highest BCUT2D eigenvalue weighted by Gasteiger charge is 2.12. The predicted molar refractivity (Wildman–Crippen MR) is 80.6 cm³/mol. The fourth-order valence-electron chi connectivity index (χ4n) is 1.89. The summed E-state index contributed by atoms with van der Waals surface area (Å²) in [6.07, 6.45) is 3.17. The predicted octanol–water partition coefficient (Wildman–Crippen LogP) is 4.41. The first-order chi connectivity index (χ1) is 9.08. The van der Waals surface area contributed by atoms with E-state index in [4.69, 9.17) is 11.6 Å². The van der Waals surface area contributed by atoms with Gasteiger partial charge in [0.2, 0.25) is 0 Å². The van der Waals surface area contributed by atoms with Crippen molar-refractivity contribution in [3.05, 3.63) is 34.6 Å². The van der Waals surface area contributed by atoms with Crippen LogP contribution in [0, 0.1) is 11.7 Å². The number of benzene rings is 1. The molecule has 1 atom stereocenters. The third-order valence-electron chi connectivity index (χ3n) is 2.95. The Labute approximate surface area is 126 Å². The standard InChI is InChI=1S/C14H18BrClFNO/c1-2-3-10(6-7-15)9-18-14(19)11-4-5-12(16)13(17)8-11/h4-5,8,10H,2-3,6-7,9H2,1H3,(H,18,19). The van der Waals surface area contributed by atoms with Gasteiger partial charge in [0.1, 0.15) is 5.82 Å². The van der Waals surface area contributed by atoms with Gasteiger partial charge >= 0.3 is 0 Å². The molecule has 0 saturated carbocycles. The number of halogens is 3. The van der Waals surface area contributed by atoms with Crippen LogP contribution in [0.15, 0.2) is 18.2 Å². The smallest absolute Gasteiger partial charge is 0.251 e. The van der Waals surface area contributed by atoms with Crippen LogP contribution in [0.25, 0.3) is 0 Å². The Kier molecular flexibility index (Phi) is 7.39. The van der Waals surface area contributed by atoms with E-state index in [0.717, 1.165) is 30.7 Å². The average molecular weight is 351 g/mol. The molecule has 0 radical (unpaired) electrons. The van der Waals surface area contributed by atoms with Crippen LogP contribution in [0.4, 0.5) is 4.39 Å². The third kappa shape index (κ3) is 5.49. The Hall–Kier alpha value is -0.610. The van der Waals surface area contributed by atoms with E-state index < -0.39 is 5.82 Å². The van der Waals surface area contributed by atoms with Gasteiger partial charge in [0.15, 0.2) is 0 Å². The summed E-state index contributed by atoms with van der Waals surface area (Å²) in [5, 5.41) is 3.79. The lowest BCUT2D eigenvalue weighted by atomic mass is 10.0. The first-order valence-electron chi connectivity index (χ1n) is 6.37. The zero-order valence-electron chi connectivity index (χ0n) is 10.9. The second-order valence-electron chi connectivity index (χ2n) is 4.47. The molecule has 1 N–H and O–H groups in total. The van der Waals surface area contributed by atoms with E-state index in [2.05, 4.69) is 28.2 Å². The number of nitrogens with one attached hydrogen (secondary N) is 1. The summed E-state index contributed by atoms with van der Waals surface area (Å²) in [6.45, 7) is 2.74. The molecule has 1 rings (SSSR count). The Balaban J connectivity index is 2.56. The molecule has 2 nitrogen and oxygen atoms in total. The summed E-state index contributed by atoms with van der Waals surface area (Å²) in [4.78, 5) is 11.9. The van der Waals surface area contributed by atoms with Crippen LogP contribution < -0.4 is 5.32 Å². The molecule has 19 heavy (non-hydrogen) atoms. The lowest BCUT2D eigenvalue weighted by molar-refractivity contribution is 0.0945. The van der Waals surface area contributed by atoms with E-state index in [1.54, 1.807) is 0 Å². The molecule has 0 heterocycles. The molecule has 0 bridgehead atoms. The van der Waals surface area contributed by atoms with Crippen molar-refractivity contribution in [2.75, 3.05) is 11.9 Å². The Bertz CT molecular complexity index is 422. The number of carbonyl (C=O) groups is 1. The lowest BCUT2D eigenvalue weighted by Crippen LogP contribution is -2.29. The SMILES string of the molecule is CCCC(CCBr)CNC(=O)c1ccc(Cl)c(F)c1. The van der Waals surface area contributed by atoms with Crippen LogP contribution in [-0.4, -0.2) is 17.8 Å². The van der Waals surface area contributed by atoms with E-state index in [1.807, 2.05) is 0 Å². The second-order valence-corrected chi connectivity index (χ2v) is 5.67. The molecule has 1 unspecified atom stereocenters. The van der Waals surface area contributed by atoms with Crippen LogP contribution in [-0.2, 0) is 0 Å². The van der Waals surface area contributed by atoms with Crippen LogP contribution in [0.1, 0.15) is 36.5 Å². The molecule has 1 aromatic carbocycles. The summed E-state index contributed by atoms with van der Waals surface area (Å²) in [6, 6.07) is 4.09. The molecule has 0 aliphatic carbocycles. The second kappa shape index (κ2) is 8.54. The van der Waals surface area contributed by atoms with Gasteiger partial charge in [-0.2, -0.15) is 0 Å². The number of hydrogen-bond acceptors (Lipinski definition) is 1. The van der Waals surface area contributed by atoms with Crippen molar-refractivity contribution in [3.8, 4) is 0 Å². The fraction of sp³-hybridized carbons (Fsp3) is 0.500. The van der Waals surface area contributed by atoms with Gasteiger partial charge in [0, 0.05) is 17.4 Å². The van der Waals surface area contributed by atoms with E-state index in [9.17, 15) is 9.18 Å². The lowest BCUT2D eigenvalue weighted by Gasteiger charge is -2.15. The van der Waals surface area contributed by atoms with E-state index in [-0.39, 0.29) is 10.9 Å². The Morgan fingerprint density at radius 1 is 1.47 bits per heavy atom. The Morgan fingerprint density at radius 2 is 2.21 bits per heavy atom. The quantitative estimate of drug-likeness (QED) is 0.725. The van der Waals surface area contributed by atoms with Gasteiger partial charge in [-0.05, 0) is 37.0 Å². The van der Waals surface area contributed by atoms with Gasteiger partial charge < -0.3 is 5.32 Å². The number of carbonyl (C=O) groups excluding carboxylic acids is 1. The molecule has 0 saturated heterocycles. The van der Waals surface area contributed by atoms with E-state index in [1.165, 1.54) is 12.1 Å². The summed E-state index contributed by atoms with van der Waals surface area (Å²) in [7, 11) is 0. The molecule has 1 amide bonds. The van der Waals surface area contributed by atoms with Crippen LogP contribution in [0.2, 0.25) is 5.02 Å². The minimum atomic E-state index is -0.570. The monoisotopic (exact) mass is 349 g/mol. The highest BCUT2D eigenvalue weighted by Crippen LogP contribution is 2.16. The van der Waals surface area contributed by atoms with Gasteiger partial charge in [-0.25, -0.2) is 4.39 Å². The van der Waals surface area contributed by atoms with Crippen molar-refractivity contribution in [1.29, 1.82) is 0 Å². The van der Waals surface area contributed by atoms with Crippen LogP contribution >= 0.6 is 27.5 Å². The van der Waals surface area contributed by atoms with Gasteiger partial charge in [0.25, 0.3) is 5.91 Å². The largest absolute Gasteiger partial charge is 0.352 e. The Morgan fingerprint density at radius 3 is 2.79 bits per heavy atom.